The first kappa shape index (κ1) is 13.9. The molecule has 0 aliphatic heterocycles. The average molecular weight is 247 g/mol. The van der Waals surface area contributed by atoms with Crippen LogP contribution in [0, 0.1) is 6.92 Å². The lowest BCUT2D eigenvalue weighted by Crippen LogP contribution is -2.34. The van der Waals surface area contributed by atoms with Gasteiger partial charge >= 0.3 is 6.98 Å². The third-order valence-corrected chi connectivity index (χ3v) is 2.45. The Morgan fingerprint density at radius 2 is 1.94 bits per heavy atom. The molecule has 0 heterocycles. The second-order valence-electron chi connectivity index (χ2n) is 3.96. The monoisotopic (exact) mass is 247 g/mol. The van der Waals surface area contributed by atoms with Crippen molar-refractivity contribution >= 4 is 12.4 Å². The molecule has 1 aromatic rings. The summed E-state index contributed by atoms with van der Waals surface area (Å²) in [7, 11) is 1.55. The summed E-state index contributed by atoms with van der Waals surface area (Å²) in [6.45, 7) is -1.22. The number of halogens is 3. The molecule has 0 aliphatic rings. The molecule has 1 rings (SSSR count). The molecule has 0 radical (unpaired) electrons. The minimum atomic E-state index is -4.95. The summed E-state index contributed by atoms with van der Waals surface area (Å²) < 4.78 is 47.8. The minimum Gasteiger partial charge on any atom is -0.491 e. The number of benzene rings is 1. The van der Waals surface area contributed by atoms with Gasteiger partial charge in [-0.05, 0) is 25.5 Å². The molecule has 96 valence electrons. The van der Waals surface area contributed by atoms with Gasteiger partial charge in [-0.25, -0.2) is 0 Å². The predicted octanol–water partition coefficient (Wildman–Crippen LogP) is 2.46. The molecule has 1 aromatic carbocycles. The van der Waals surface area contributed by atoms with Crippen LogP contribution in [0.25, 0.3) is 0 Å². The summed E-state index contributed by atoms with van der Waals surface area (Å²) in [5.41, 5.74) is -0.125. The van der Waals surface area contributed by atoms with Gasteiger partial charge in [-0.1, -0.05) is 12.1 Å². The summed E-state index contributed by atoms with van der Waals surface area (Å²) in [4.78, 5) is 0. The molecule has 0 amide bonds. The highest BCUT2D eigenvalue weighted by Gasteiger charge is 2.25. The van der Waals surface area contributed by atoms with Crippen LogP contribution in [0.15, 0.2) is 18.2 Å². The van der Waals surface area contributed by atoms with E-state index < -0.39 is 12.4 Å². The Kier molecular flexibility index (Phi) is 4.45. The topological polar surface area (TPSA) is 18.5 Å². The molecule has 0 aromatic heterocycles. The Labute approximate surface area is 98.8 Å². The van der Waals surface area contributed by atoms with Gasteiger partial charge in [0.1, 0.15) is 12.4 Å². The normalized spacial score (nSPS) is 13.5. The minimum absolute atomic E-state index is 0.0964. The predicted molar refractivity (Wildman–Crippen MR) is 61.9 cm³/mol. The van der Waals surface area contributed by atoms with Crippen LogP contribution < -0.4 is 10.2 Å². The quantitative estimate of drug-likeness (QED) is 0.744. The standard InChI is InChI=1S/C11H15BF3O2/c1-8-6-10(12(13,14)15)4-5-11(8)17-7-9(2)16-3/h4-6,9H,7H2,1-3H3/q-1. The molecule has 0 N–H and O–H groups in total. The Morgan fingerprint density at radius 1 is 1.29 bits per heavy atom. The van der Waals surface area contributed by atoms with E-state index in [-0.39, 0.29) is 6.10 Å². The molecule has 0 saturated carbocycles. The lowest BCUT2D eigenvalue weighted by Gasteiger charge is -2.18. The number of rotatable bonds is 5. The zero-order chi connectivity index (χ0) is 13.1. The number of methoxy groups -OCH3 is 1. The summed E-state index contributed by atoms with van der Waals surface area (Å²) in [6.07, 6.45) is -0.0964. The van der Waals surface area contributed by atoms with Crippen LogP contribution >= 0.6 is 0 Å². The Hall–Kier alpha value is -1.17. The van der Waals surface area contributed by atoms with Crippen LogP contribution in [0.2, 0.25) is 0 Å². The Bertz CT molecular complexity index is 379. The fraction of sp³-hybridized carbons (Fsp3) is 0.455. The average Bonchev–Trinajstić information content (AvgIpc) is 2.25. The third kappa shape index (κ3) is 3.96. The first-order chi connectivity index (χ1) is 7.84. The summed E-state index contributed by atoms with van der Waals surface area (Å²) in [5, 5.41) is 0. The van der Waals surface area contributed by atoms with Gasteiger partial charge in [0.15, 0.2) is 0 Å². The maximum absolute atomic E-state index is 12.5. The van der Waals surface area contributed by atoms with Crippen LogP contribution in [0.1, 0.15) is 12.5 Å². The van der Waals surface area contributed by atoms with E-state index >= 15 is 0 Å². The molecular formula is C11H15BF3O2-. The van der Waals surface area contributed by atoms with Crippen molar-refractivity contribution in [2.24, 2.45) is 0 Å². The van der Waals surface area contributed by atoms with E-state index in [4.69, 9.17) is 9.47 Å². The van der Waals surface area contributed by atoms with Gasteiger partial charge in [-0.3, -0.25) is 0 Å². The lowest BCUT2D eigenvalue weighted by atomic mass is 9.79. The largest absolute Gasteiger partial charge is 0.509 e. The van der Waals surface area contributed by atoms with Crippen LogP contribution in [0.5, 0.6) is 5.75 Å². The second-order valence-corrected chi connectivity index (χ2v) is 3.96. The van der Waals surface area contributed by atoms with Crippen molar-refractivity contribution in [3.05, 3.63) is 23.8 Å². The highest BCUT2D eigenvalue weighted by molar-refractivity contribution is 6.73. The summed E-state index contributed by atoms with van der Waals surface area (Å²) >= 11 is 0. The van der Waals surface area contributed by atoms with Crippen LogP contribution in [0.3, 0.4) is 0 Å². The van der Waals surface area contributed by atoms with Gasteiger partial charge in [-0.2, -0.15) is 0 Å². The van der Waals surface area contributed by atoms with Crippen molar-refractivity contribution in [2.45, 2.75) is 20.0 Å². The van der Waals surface area contributed by atoms with Gasteiger partial charge in [0, 0.05) is 7.11 Å². The van der Waals surface area contributed by atoms with Gasteiger partial charge in [0.25, 0.3) is 0 Å². The van der Waals surface area contributed by atoms with Crippen molar-refractivity contribution in [1.82, 2.24) is 0 Å². The van der Waals surface area contributed by atoms with Crippen molar-refractivity contribution in [2.75, 3.05) is 13.7 Å². The zero-order valence-corrected chi connectivity index (χ0v) is 10.0. The fourth-order valence-corrected chi connectivity index (χ4v) is 1.31. The molecule has 0 aliphatic carbocycles. The molecule has 1 atom stereocenters. The molecule has 0 spiro atoms. The van der Waals surface area contributed by atoms with E-state index in [1.165, 1.54) is 6.07 Å². The van der Waals surface area contributed by atoms with Crippen molar-refractivity contribution < 1.29 is 22.4 Å². The van der Waals surface area contributed by atoms with E-state index in [0.717, 1.165) is 12.1 Å². The number of aryl methyl sites for hydroxylation is 1. The van der Waals surface area contributed by atoms with E-state index in [9.17, 15) is 12.9 Å². The van der Waals surface area contributed by atoms with Crippen molar-refractivity contribution in [1.29, 1.82) is 0 Å². The Balaban J connectivity index is 2.77. The number of ether oxygens (including phenoxy) is 2. The molecule has 0 saturated heterocycles. The van der Waals surface area contributed by atoms with Crippen molar-refractivity contribution in [3.63, 3.8) is 0 Å². The first-order valence-corrected chi connectivity index (χ1v) is 5.30. The number of hydrogen-bond acceptors (Lipinski definition) is 2. The zero-order valence-electron chi connectivity index (χ0n) is 10.0. The van der Waals surface area contributed by atoms with Gasteiger partial charge in [-0.15, -0.1) is 5.46 Å². The maximum Gasteiger partial charge on any atom is 0.509 e. The van der Waals surface area contributed by atoms with Gasteiger partial charge in [0.2, 0.25) is 0 Å². The SMILES string of the molecule is COC(C)COc1ccc([B-](F)(F)F)cc1C. The first-order valence-electron chi connectivity index (χ1n) is 5.30. The van der Waals surface area contributed by atoms with Crippen LogP contribution in [0.4, 0.5) is 12.9 Å². The molecule has 1 unspecified atom stereocenters. The Morgan fingerprint density at radius 3 is 2.41 bits per heavy atom. The lowest BCUT2D eigenvalue weighted by molar-refractivity contribution is 0.0714. The third-order valence-electron chi connectivity index (χ3n) is 2.45. The number of hydrogen-bond donors (Lipinski definition) is 0. The molecule has 17 heavy (non-hydrogen) atoms. The molecular weight excluding hydrogens is 232 g/mol. The van der Waals surface area contributed by atoms with E-state index in [1.807, 2.05) is 6.92 Å². The second kappa shape index (κ2) is 5.45. The molecule has 6 heteroatoms. The van der Waals surface area contributed by atoms with Crippen LogP contribution in [-0.2, 0) is 4.74 Å². The highest BCUT2D eigenvalue weighted by Crippen LogP contribution is 2.19. The van der Waals surface area contributed by atoms with E-state index in [1.54, 1.807) is 14.0 Å². The van der Waals surface area contributed by atoms with Crippen molar-refractivity contribution in [3.8, 4) is 5.75 Å². The fourth-order valence-electron chi connectivity index (χ4n) is 1.31. The van der Waals surface area contributed by atoms with Gasteiger partial charge < -0.3 is 22.4 Å². The smallest absolute Gasteiger partial charge is 0.491 e. The summed E-state index contributed by atoms with van der Waals surface area (Å²) in [6, 6.07) is 3.49. The molecule has 0 bridgehead atoms. The van der Waals surface area contributed by atoms with E-state index in [0.29, 0.717) is 17.9 Å². The van der Waals surface area contributed by atoms with Gasteiger partial charge in [0.05, 0.1) is 6.10 Å². The highest BCUT2D eigenvalue weighted by atomic mass is 19.4. The summed E-state index contributed by atoms with van der Waals surface area (Å²) in [5.74, 6) is 0.456. The van der Waals surface area contributed by atoms with E-state index in [2.05, 4.69) is 0 Å². The molecule has 2 nitrogen and oxygen atoms in total. The molecule has 0 fully saturated rings. The van der Waals surface area contributed by atoms with Crippen LogP contribution in [-0.4, -0.2) is 26.8 Å². The maximum atomic E-state index is 12.5.